The van der Waals surface area contributed by atoms with Crippen LogP contribution >= 0.6 is 0 Å². The molecule has 7 rings (SSSR count). The number of aryl methyl sites for hydroxylation is 1. The number of hydrogen-bond acceptors (Lipinski definition) is 8. The van der Waals surface area contributed by atoms with E-state index in [9.17, 15) is 32.4 Å². The van der Waals surface area contributed by atoms with Crippen LogP contribution in [0.5, 0.6) is 0 Å². The average molecular weight is 753 g/mol. The molecule has 0 unspecified atom stereocenters. The lowest BCUT2D eigenvalue weighted by atomic mass is 9.96. The molecule has 6 aliphatic rings. The molecule has 4 bridgehead atoms. The Hall–Kier alpha value is -4.14. The number of benzene rings is 1. The third-order valence-corrected chi connectivity index (χ3v) is 14.0. The zero-order valence-electron chi connectivity index (χ0n) is 30.5. The first-order chi connectivity index (χ1) is 25.4. The largest absolute Gasteiger partial charge is 0.444 e. The van der Waals surface area contributed by atoms with Crippen molar-refractivity contribution < 1.29 is 37.1 Å². The van der Waals surface area contributed by atoms with Crippen LogP contribution in [-0.4, -0.2) is 102 Å². The molecule has 3 heterocycles. The summed E-state index contributed by atoms with van der Waals surface area (Å²) in [6, 6.07) is 3.73. The average Bonchev–Trinajstić information content (AvgIpc) is 3.91. The van der Waals surface area contributed by atoms with Gasteiger partial charge in [0.05, 0.1) is 11.8 Å². The van der Waals surface area contributed by atoms with E-state index in [2.05, 4.69) is 28.0 Å². The molecule has 288 valence electrons. The van der Waals surface area contributed by atoms with Gasteiger partial charge in [0.1, 0.15) is 23.7 Å². The van der Waals surface area contributed by atoms with Gasteiger partial charge in [0.25, 0.3) is 5.91 Å². The van der Waals surface area contributed by atoms with Crippen LogP contribution in [0.4, 0.5) is 9.59 Å². The second kappa shape index (κ2) is 14.9. The number of amides is 6. The molecule has 53 heavy (non-hydrogen) atoms. The van der Waals surface area contributed by atoms with E-state index < -0.39 is 68.7 Å². The molecule has 6 amide bonds. The number of urea groups is 1. The fourth-order valence-electron chi connectivity index (χ4n) is 8.68. The highest BCUT2D eigenvalue weighted by Gasteiger charge is 2.62. The molecule has 1 saturated heterocycles. The van der Waals surface area contributed by atoms with Gasteiger partial charge in [-0.3, -0.25) is 24.0 Å². The van der Waals surface area contributed by atoms with Crippen molar-refractivity contribution in [2.75, 3.05) is 20.1 Å². The molecule has 5 atom stereocenters. The molecule has 15 heteroatoms. The second-order valence-corrected chi connectivity index (χ2v) is 17.9. The summed E-state index contributed by atoms with van der Waals surface area (Å²) in [4.78, 5) is 74.3. The molecule has 3 saturated carbocycles. The van der Waals surface area contributed by atoms with Crippen molar-refractivity contribution in [2.24, 2.45) is 11.8 Å². The van der Waals surface area contributed by atoms with Crippen molar-refractivity contribution in [1.82, 2.24) is 30.1 Å². The molecule has 4 fully saturated rings. The maximum absolute atomic E-state index is 14.6. The minimum atomic E-state index is -3.89. The molecule has 0 radical (unpaired) electrons. The minimum absolute atomic E-state index is 0.0303. The molecule has 0 aromatic heterocycles. The second-order valence-electron chi connectivity index (χ2n) is 15.9. The van der Waals surface area contributed by atoms with Gasteiger partial charge in [0.15, 0.2) is 0 Å². The maximum Gasteiger partial charge on any atom is 0.410 e. The number of nitrogens with zero attached hydrogens (tertiary/aromatic N) is 3. The Bertz CT molecular complexity index is 1760. The van der Waals surface area contributed by atoms with E-state index in [4.69, 9.17) is 4.74 Å². The van der Waals surface area contributed by atoms with E-state index in [0.717, 1.165) is 68.9 Å². The van der Waals surface area contributed by atoms with E-state index in [-0.39, 0.29) is 31.3 Å². The lowest BCUT2D eigenvalue weighted by Crippen LogP contribution is -2.59. The zero-order chi connectivity index (χ0) is 37.5. The topological polar surface area (TPSA) is 175 Å². The number of fused-ring (bicyclic) bond motifs is 3. The summed E-state index contributed by atoms with van der Waals surface area (Å²) in [5, 5.41) is 5.16. The molecule has 14 nitrogen and oxygen atoms in total. The van der Waals surface area contributed by atoms with Crippen LogP contribution in [0.3, 0.4) is 0 Å². The van der Waals surface area contributed by atoms with Crippen molar-refractivity contribution in [2.45, 2.75) is 126 Å². The summed E-state index contributed by atoms with van der Waals surface area (Å²) in [6.07, 6.45) is 9.11. The first-order valence-electron chi connectivity index (χ1n) is 19.3. The maximum atomic E-state index is 14.6. The van der Waals surface area contributed by atoms with E-state index in [1.54, 1.807) is 16.8 Å². The minimum Gasteiger partial charge on any atom is -0.444 e. The molecule has 1 aromatic carbocycles. The number of hydrogen-bond donors (Lipinski definition) is 3. The Balaban J connectivity index is 1.16. The van der Waals surface area contributed by atoms with Crippen molar-refractivity contribution >= 4 is 39.9 Å². The third-order valence-electron chi connectivity index (χ3n) is 12.2. The van der Waals surface area contributed by atoms with Gasteiger partial charge in [-0.2, -0.15) is 0 Å². The Morgan fingerprint density at radius 3 is 2.45 bits per heavy atom. The molecule has 1 aromatic rings. The normalized spacial score (nSPS) is 30.1. The van der Waals surface area contributed by atoms with Gasteiger partial charge in [-0.1, -0.05) is 50.0 Å². The monoisotopic (exact) mass is 752 g/mol. The first-order valence-corrected chi connectivity index (χ1v) is 20.8. The highest BCUT2D eigenvalue weighted by molar-refractivity contribution is 7.91. The van der Waals surface area contributed by atoms with Crippen LogP contribution in [0.2, 0.25) is 0 Å². The van der Waals surface area contributed by atoms with Crippen molar-refractivity contribution in [3.8, 4) is 0 Å². The fourth-order valence-corrected chi connectivity index (χ4v) is 10.0. The van der Waals surface area contributed by atoms with Gasteiger partial charge in [-0.25, -0.2) is 18.0 Å². The summed E-state index contributed by atoms with van der Waals surface area (Å²) in [7, 11) is -2.17. The van der Waals surface area contributed by atoms with E-state index in [0.29, 0.717) is 32.5 Å². The molecule has 3 N–H and O–H groups in total. The Labute approximate surface area is 311 Å². The number of sulfonamides is 1. The summed E-state index contributed by atoms with van der Waals surface area (Å²) in [5.41, 5.74) is 1.86. The number of nitrogens with one attached hydrogen (secondary N) is 3. The van der Waals surface area contributed by atoms with Gasteiger partial charge in [-0.15, -0.1) is 6.58 Å². The van der Waals surface area contributed by atoms with Crippen LogP contribution in [-0.2, 0) is 48.7 Å². The molecule has 3 aliphatic heterocycles. The van der Waals surface area contributed by atoms with Gasteiger partial charge in [0.2, 0.25) is 21.8 Å². The Morgan fingerprint density at radius 2 is 1.74 bits per heavy atom. The van der Waals surface area contributed by atoms with Gasteiger partial charge >= 0.3 is 12.1 Å². The third kappa shape index (κ3) is 7.76. The quantitative estimate of drug-likeness (QED) is 0.357. The van der Waals surface area contributed by atoms with E-state index >= 15 is 0 Å². The van der Waals surface area contributed by atoms with Crippen molar-refractivity contribution in [3.05, 3.63) is 47.5 Å². The zero-order valence-corrected chi connectivity index (χ0v) is 31.3. The smallest absolute Gasteiger partial charge is 0.410 e. The summed E-state index contributed by atoms with van der Waals surface area (Å²) >= 11 is 0. The highest BCUT2D eigenvalue weighted by Crippen LogP contribution is 2.45. The SMILES string of the molecule is C=C[C@@H]1C[C@]1(NC(=O)[C@@H]1C[C@@H]2CN1C(=O)[C@H](C1CCCC1)NC(=O)N(C)CCCCCCc1cccc3c1CN(C3)C(=O)O2)C(=O)NS(=O)(=O)C1CC1. The summed E-state index contributed by atoms with van der Waals surface area (Å²) in [6.45, 7) is 5.04. The van der Waals surface area contributed by atoms with Crippen LogP contribution in [0, 0.1) is 11.8 Å². The predicted octanol–water partition coefficient (Wildman–Crippen LogP) is 3.09. The van der Waals surface area contributed by atoms with Crippen LogP contribution in [0.25, 0.3) is 0 Å². The van der Waals surface area contributed by atoms with E-state index in [1.807, 2.05) is 12.1 Å². The van der Waals surface area contributed by atoms with Gasteiger partial charge in [0, 0.05) is 39.0 Å². The number of carbonyl (C=O) groups excluding carboxylic acids is 5. The first kappa shape index (κ1) is 37.2. The van der Waals surface area contributed by atoms with Crippen molar-refractivity contribution in [3.63, 3.8) is 0 Å². The van der Waals surface area contributed by atoms with Crippen LogP contribution in [0.1, 0.15) is 93.7 Å². The number of ether oxygens (including phenoxy) is 1. The fraction of sp³-hybridized carbons (Fsp3) is 0.658. The lowest BCUT2D eigenvalue weighted by Gasteiger charge is -2.33. The lowest BCUT2D eigenvalue weighted by molar-refractivity contribution is -0.142. The van der Waals surface area contributed by atoms with Gasteiger partial charge in [-0.05, 0) is 74.0 Å². The highest BCUT2D eigenvalue weighted by atomic mass is 32.2. The summed E-state index contributed by atoms with van der Waals surface area (Å²) < 4.78 is 33.6. The Kier molecular flexibility index (Phi) is 10.5. The molecular weight excluding hydrogens is 701 g/mol. The standard InChI is InChI=1S/C38H52N6O8S/c1-3-27-20-38(27,35(47)41-53(50,51)29-16-17-29)40-33(45)31-19-28-22-44(31)34(46)32(25-12-7-8-13-25)39-36(48)42(2)18-9-5-4-6-11-24-14-10-15-26-21-43(23-30(24)26)37(49)52-28/h3,10,14-15,25,27-29,31-32H,1,4-9,11-13,16-23H2,2H3,(H,39,48)(H,40,45)(H,41,47)/t27-,28-,31+,32+,38-/m1/s1. The molecule has 3 aliphatic carbocycles. The van der Waals surface area contributed by atoms with Gasteiger partial charge < -0.3 is 25.2 Å². The number of carbonyl (C=O) groups is 5. The molecule has 0 spiro atoms. The summed E-state index contributed by atoms with van der Waals surface area (Å²) in [5.74, 6) is -2.60. The van der Waals surface area contributed by atoms with E-state index in [1.165, 1.54) is 16.5 Å². The molecular formula is C38H52N6O8S. The van der Waals surface area contributed by atoms with Crippen LogP contribution < -0.4 is 15.4 Å². The predicted molar refractivity (Wildman–Crippen MR) is 194 cm³/mol. The number of rotatable bonds is 7. The Morgan fingerprint density at radius 1 is 1.00 bits per heavy atom. The van der Waals surface area contributed by atoms with Crippen molar-refractivity contribution in [1.29, 1.82) is 0 Å². The van der Waals surface area contributed by atoms with Crippen LogP contribution in [0.15, 0.2) is 30.9 Å².